The Labute approximate surface area is 173 Å². The smallest absolute Gasteiger partial charge is 0.319 e. The van der Waals surface area contributed by atoms with Crippen molar-refractivity contribution in [3.05, 3.63) is 66.7 Å². The van der Waals surface area contributed by atoms with Gasteiger partial charge in [-0.15, -0.1) is 0 Å². The Morgan fingerprint density at radius 3 is 2.60 bits per heavy atom. The Kier molecular flexibility index (Phi) is 4.44. The highest BCUT2D eigenvalue weighted by molar-refractivity contribution is 7.89. The third-order valence-corrected chi connectivity index (χ3v) is 7.71. The van der Waals surface area contributed by atoms with E-state index >= 15 is 0 Å². The van der Waals surface area contributed by atoms with Crippen molar-refractivity contribution in [3.8, 4) is 0 Å². The van der Waals surface area contributed by atoms with Gasteiger partial charge in [0.15, 0.2) is 0 Å². The van der Waals surface area contributed by atoms with E-state index in [0.717, 1.165) is 16.8 Å². The molecule has 2 atom stereocenters. The number of nitrogens with zero attached hydrogens (tertiary/aromatic N) is 2. The van der Waals surface area contributed by atoms with E-state index in [4.69, 9.17) is 0 Å². The van der Waals surface area contributed by atoms with Crippen LogP contribution in [0, 0.1) is 17.7 Å². The minimum atomic E-state index is -3.87. The molecular formula is C21H19FN4O3S. The predicted molar refractivity (Wildman–Crippen MR) is 110 cm³/mol. The van der Waals surface area contributed by atoms with Gasteiger partial charge in [0, 0.05) is 42.3 Å². The van der Waals surface area contributed by atoms with Gasteiger partial charge in [0.05, 0.1) is 5.69 Å². The Morgan fingerprint density at radius 1 is 1.07 bits per heavy atom. The maximum atomic E-state index is 13.9. The van der Waals surface area contributed by atoms with Gasteiger partial charge < -0.3 is 10.6 Å². The van der Waals surface area contributed by atoms with Crippen molar-refractivity contribution in [1.82, 2.24) is 14.6 Å². The van der Waals surface area contributed by atoms with Gasteiger partial charge >= 0.3 is 6.03 Å². The van der Waals surface area contributed by atoms with Gasteiger partial charge in [-0.3, -0.25) is 4.98 Å². The molecule has 2 unspecified atom stereocenters. The van der Waals surface area contributed by atoms with Crippen LogP contribution >= 0.6 is 0 Å². The number of amides is 2. The molecule has 0 radical (unpaired) electrons. The SMILES string of the molecule is O=C(Nc1cccc2cnccc12)NC1C2CN(S(=O)(=O)c3ccccc3F)CC21. The molecule has 1 aliphatic carbocycles. The topological polar surface area (TPSA) is 91.4 Å². The van der Waals surface area contributed by atoms with E-state index in [0.29, 0.717) is 5.69 Å². The average molecular weight is 426 g/mol. The lowest BCUT2D eigenvalue weighted by molar-refractivity contribution is 0.250. The number of anilines is 1. The number of aromatic nitrogens is 1. The molecule has 2 heterocycles. The molecule has 30 heavy (non-hydrogen) atoms. The first-order valence-electron chi connectivity index (χ1n) is 9.60. The van der Waals surface area contributed by atoms with Gasteiger partial charge in [-0.25, -0.2) is 17.6 Å². The summed E-state index contributed by atoms with van der Waals surface area (Å²) in [7, 11) is -3.87. The molecule has 2 amide bonds. The third-order valence-electron chi connectivity index (χ3n) is 5.84. The number of rotatable bonds is 4. The summed E-state index contributed by atoms with van der Waals surface area (Å²) in [5, 5.41) is 7.61. The van der Waals surface area contributed by atoms with E-state index < -0.39 is 15.8 Å². The first-order chi connectivity index (χ1) is 14.4. The quantitative estimate of drug-likeness (QED) is 0.671. The van der Waals surface area contributed by atoms with Crippen LogP contribution in [0.1, 0.15) is 0 Å². The van der Waals surface area contributed by atoms with Crippen molar-refractivity contribution < 1.29 is 17.6 Å². The zero-order valence-electron chi connectivity index (χ0n) is 15.8. The van der Waals surface area contributed by atoms with E-state index in [2.05, 4.69) is 15.6 Å². The number of benzene rings is 2. The lowest BCUT2D eigenvalue weighted by atomic mass is 10.1. The zero-order chi connectivity index (χ0) is 20.9. The Bertz CT molecular complexity index is 1230. The van der Waals surface area contributed by atoms with E-state index in [1.807, 2.05) is 24.3 Å². The second kappa shape index (κ2) is 7.03. The van der Waals surface area contributed by atoms with E-state index in [-0.39, 0.29) is 41.9 Å². The first kappa shape index (κ1) is 19.0. The number of piperidine rings is 1. The molecule has 2 aromatic carbocycles. The maximum Gasteiger partial charge on any atom is 0.319 e. The molecule has 2 N–H and O–H groups in total. The van der Waals surface area contributed by atoms with Crippen LogP contribution in [-0.2, 0) is 10.0 Å². The summed E-state index contributed by atoms with van der Waals surface area (Å²) in [5.74, 6) is -0.680. The standard InChI is InChI=1S/C21H19FN4O3S/c22-17-5-1-2-7-19(17)30(28,29)26-11-15-16(12-26)20(15)25-21(27)24-18-6-3-4-13-10-23-9-8-14(13)18/h1-10,15-16,20H,11-12H2,(H2,24,25,27). The van der Waals surface area contributed by atoms with Crippen molar-refractivity contribution >= 4 is 32.5 Å². The molecule has 7 nitrogen and oxygen atoms in total. The lowest BCUT2D eigenvalue weighted by Crippen LogP contribution is -2.39. The van der Waals surface area contributed by atoms with Crippen LogP contribution in [0.15, 0.2) is 65.8 Å². The second-order valence-corrected chi connectivity index (χ2v) is 9.51. The van der Waals surface area contributed by atoms with Crippen LogP contribution in [0.4, 0.5) is 14.9 Å². The highest BCUT2D eigenvalue weighted by atomic mass is 32.2. The molecule has 2 aliphatic rings. The molecule has 2 fully saturated rings. The largest absolute Gasteiger partial charge is 0.334 e. The van der Waals surface area contributed by atoms with Gasteiger partial charge in [0.25, 0.3) is 0 Å². The van der Waals surface area contributed by atoms with Gasteiger partial charge in [-0.2, -0.15) is 4.31 Å². The molecule has 1 aromatic heterocycles. The number of carbonyl (C=O) groups excluding carboxylic acids is 1. The van der Waals surface area contributed by atoms with Crippen molar-refractivity contribution in [2.45, 2.75) is 10.9 Å². The first-order valence-corrected chi connectivity index (χ1v) is 11.0. The fourth-order valence-electron chi connectivity index (χ4n) is 4.23. The molecule has 1 saturated heterocycles. The number of nitrogens with one attached hydrogen (secondary N) is 2. The molecule has 9 heteroatoms. The van der Waals surface area contributed by atoms with Crippen molar-refractivity contribution in [3.63, 3.8) is 0 Å². The summed E-state index contributed by atoms with van der Waals surface area (Å²) < 4.78 is 40.6. The van der Waals surface area contributed by atoms with E-state index in [1.165, 1.54) is 22.5 Å². The van der Waals surface area contributed by atoms with Crippen molar-refractivity contribution in [1.29, 1.82) is 0 Å². The Balaban J connectivity index is 1.22. The fourth-order valence-corrected chi connectivity index (χ4v) is 5.81. The van der Waals surface area contributed by atoms with Crippen LogP contribution in [-0.4, -0.2) is 42.9 Å². The van der Waals surface area contributed by atoms with Crippen LogP contribution in [0.5, 0.6) is 0 Å². The molecule has 3 aromatic rings. The summed E-state index contributed by atoms with van der Waals surface area (Å²) in [6.07, 6.45) is 3.40. The van der Waals surface area contributed by atoms with E-state index in [9.17, 15) is 17.6 Å². The molecular weight excluding hydrogens is 407 g/mol. The molecule has 1 saturated carbocycles. The molecule has 1 aliphatic heterocycles. The van der Waals surface area contributed by atoms with E-state index in [1.54, 1.807) is 12.4 Å². The average Bonchev–Trinajstić information content (AvgIpc) is 3.16. The normalized spacial score (nSPS) is 23.2. The monoisotopic (exact) mass is 426 g/mol. The number of halogens is 1. The second-order valence-electron chi connectivity index (χ2n) is 7.61. The third kappa shape index (κ3) is 3.20. The van der Waals surface area contributed by atoms with Gasteiger partial charge in [0.2, 0.25) is 10.0 Å². The number of pyridine rings is 1. The number of hydrogen-bond donors (Lipinski definition) is 2. The fraction of sp³-hybridized carbons (Fsp3) is 0.238. The molecule has 154 valence electrons. The minimum absolute atomic E-state index is 0.0361. The van der Waals surface area contributed by atoms with Gasteiger partial charge in [-0.05, 0) is 36.1 Å². The summed E-state index contributed by atoms with van der Waals surface area (Å²) in [6.45, 7) is 0.540. The minimum Gasteiger partial charge on any atom is -0.334 e. The molecule has 0 spiro atoms. The summed E-state index contributed by atoms with van der Waals surface area (Å²) in [5.41, 5.74) is 0.682. The highest BCUT2D eigenvalue weighted by Gasteiger charge is 2.59. The summed E-state index contributed by atoms with van der Waals surface area (Å²) in [4.78, 5) is 16.2. The number of urea groups is 1. The van der Waals surface area contributed by atoms with Gasteiger partial charge in [-0.1, -0.05) is 24.3 Å². The van der Waals surface area contributed by atoms with Gasteiger partial charge in [0.1, 0.15) is 10.7 Å². The number of carbonyl (C=O) groups is 1. The maximum absolute atomic E-state index is 13.9. The van der Waals surface area contributed by atoms with Crippen LogP contribution < -0.4 is 10.6 Å². The van der Waals surface area contributed by atoms with Crippen LogP contribution in [0.25, 0.3) is 10.8 Å². The number of fused-ring (bicyclic) bond motifs is 2. The lowest BCUT2D eigenvalue weighted by Gasteiger charge is -2.20. The molecule has 0 bridgehead atoms. The van der Waals surface area contributed by atoms with Crippen LogP contribution in [0.3, 0.4) is 0 Å². The Morgan fingerprint density at radius 2 is 1.83 bits per heavy atom. The highest BCUT2D eigenvalue weighted by Crippen LogP contribution is 2.47. The predicted octanol–water partition coefficient (Wildman–Crippen LogP) is 2.81. The Hall–Kier alpha value is -3.04. The summed E-state index contributed by atoms with van der Waals surface area (Å²) in [6, 6.07) is 12.4. The molecule has 5 rings (SSSR count). The zero-order valence-corrected chi connectivity index (χ0v) is 16.6. The number of sulfonamides is 1. The number of hydrogen-bond acceptors (Lipinski definition) is 4. The van der Waals surface area contributed by atoms with Crippen LogP contribution in [0.2, 0.25) is 0 Å². The summed E-state index contributed by atoms with van der Waals surface area (Å²) >= 11 is 0. The van der Waals surface area contributed by atoms with Crippen molar-refractivity contribution in [2.24, 2.45) is 11.8 Å². The van der Waals surface area contributed by atoms with Crippen molar-refractivity contribution in [2.75, 3.05) is 18.4 Å².